The highest BCUT2D eigenvalue weighted by Crippen LogP contribution is 2.11. The highest BCUT2D eigenvalue weighted by atomic mass is 35.5. The van der Waals surface area contributed by atoms with Crippen molar-refractivity contribution >= 4 is 18.3 Å². The van der Waals surface area contributed by atoms with Crippen LogP contribution >= 0.6 is 12.4 Å². The van der Waals surface area contributed by atoms with E-state index in [4.69, 9.17) is 4.74 Å². The Bertz CT molecular complexity index is 621. The first kappa shape index (κ1) is 19.1. The lowest BCUT2D eigenvalue weighted by Gasteiger charge is -2.05. The molecule has 0 atom stereocenters. The number of ether oxygens (including phenoxy) is 1. The Morgan fingerprint density at radius 1 is 1.26 bits per heavy atom. The minimum absolute atomic E-state index is 0. The zero-order valence-electron chi connectivity index (χ0n) is 12.8. The summed E-state index contributed by atoms with van der Waals surface area (Å²) in [5.74, 6) is -0.677. The molecule has 0 aliphatic rings. The predicted molar refractivity (Wildman–Crippen MR) is 87.8 cm³/mol. The van der Waals surface area contributed by atoms with Gasteiger partial charge in [0.25, 0.3) is 5.91 Å². The molecular formula is C15H20ClFN4O2. The van der Waals surface area contributed by atoms with Gasteiger partial charge in [-0.2, -0.15) is 5.10 Å². The summed E-state index contributed by atoms with van der Waals surface area (Å²) < 4.78 is 19.9. The van der Waals surface area contributed by atoms with Gasteiger partial charge in [-0.05, 0) is 18.2 Å². The molecule has 0 saturated heterocycles. The number of halogens is 2. The van der Waals surface area contributed by atoms with Crippen LogP contribution in [0.1, 0.15) is 10.5 Å². The van der Waals surface area contributed by atoms with E-state index >= 15 is 0 Å². The van der Waals surface area contributed by atoms with Gasteiger partial charge in [0.2, 0.25) is 0 Å². The Labute approximate surface area is 140 Å². The maximum absolute atomic E-state index is 13.7. The van der Waals surface area contributed by atoms with Gasteiger partial charge in [0, 0.05) is 32.9 Å². The van der Waals surface area contributed by atoms with E-state index in [1.165, 1.54) is 10.7 Å². The van der Waals surface area contributed by atoms with Crippen molar-refractivity contribution in [1.29, 1.82) is 0 Å². The van der Waals surface area contributed by atoms with Crippen LogP contribution in [0, 0.1) is 5.82 Å². The summed E-state index contributed by atoms with van der Waals surface area (Å²) in [7, 11) is 1.63. The summed E-state index contributed by atoms with van der Waals surface area (Å²) in [5.41, 5.74) is 0.558. The number of aromatic nitrogens is 2. The fraction of sp³-hybridized carbons (Fsp3) is 0.333. The largest absolute Gasteiger partial charge is 0.383 e. The topological polar surface area (TPSA) is 68.2 Å². The molecule has 1 amide bonds. The average molecular weight is 343 g/mol. The number of nitrogens with one attached hydrogen (secondary N) is 2. The molecule has 0 saturated carbocycles. The van der Waals surface area contributed by atoms with Gasteiger partial charge >= 0.3 is 0 Å². The van der Waals surface area contributed by atoms with Crippen LogP contribution in [0.4, 0.5) is 4.39 Å². The molecule has 126 valence electrons. The molecule has 1 aromatic heterocycles. The second-order valence-electron chi connectivity index (χ2n) is 4.60. The van der Waals surface area contributed by atoms with Crippen LogP contribution < -0.4 is 10.6 Å². The van der Waals surface area contributed by atoms with E-state index in [1.54, 1.807) is 37.6 Å². The van der Waals surface area contributed by atoms with Crippen molar-refractivity contribution in [1.82, 2.24) is 20.4 Å². The van der Waals surface area contributed by atoms with Crippen molar-refractivity contribution < 1.29 is 13.9 Å². The Morgan fingerprint density at radius 2 is 2.04 bits per heavy atom. The summed E-state index contributed by atoms with van der Waals surface area (Å²) in [4.78, 5) is 11.9. The van der Waals surface area contributed by atoms with Crippen molar-refractivity contribution in [3.8, 4) is 5.69 Å². The zero-order valence-corrected chi connectivity index (χ0v) is 13.6. The number of carbonyl (C=O) groups excluding carboxylic acids is 1. The maximum atomic E-state index is 13.7. The highest BCUT2D eigenvalue weighted by molar-refractivity contribution is 5.92. The molecule has 0 aliphatic heterocycles. The Balaban J connectivity index is 0.00000264. The van der Waals surface area contributed by atoms with Gasteiger partial charge in [-0.3, -0.25) is 4.79 Å². The van der Waals surface area contributed by atoms with Gasteiger partial charge < -0.3 is 15.4 Å². The molecule has 0 unspecified atom stereocenters. The molecular weight excluding hydrogens is 323 g/mol. The summed E-state index contributed by atoms with van der Waals surface area (Å²) in [5, 5.41) is 9.95. The van der Waals surface area contributed by atoms with E-state index in [-0.39, 0.29) is 29.8 Å². The molecule has 2 rings (SSSR count). The van der Waals surface area contributed by atoms with Crippen LogP contribution in [0.15, 0.2) is 36.5 Å². The number of methoxy groups -OCH3 is 1. The number of rotatable bonds is 8. The second kappa shape index (κ2) is 9.94. The standard InChI is InChI=1S/C15H19FN4O2.ClH/c1-22-11-9-17-7-8-18-15(21)13-6-10-20(19-13)14-5-3-2-4-12(14)16;/h2-6,10,17H,7-9,11H2,1H3,(H,18,21);1H. The smallest absolute Gasteiger partial charge is 0.271 e. The fourth-order valence-electron chi connectivity index (χ4n) is 1.87. The lowest BCUT2D eigenvalue weighted by molar-refractivity contribution is 0.0948. The van der Waals surface area contributed by atoms with Crippen LogP contribution in [0.25, 0.3) is 5.69 Å². The monoisotopic (exact) mass is 342 g/mol. The minimum Gasteiger partial charge on any atom is -0.383 e. The molecule has 6 nitrogen and oxygen atoms in total. The van der Waals surface area contributed by atoms with Crippen molar-refractivity contribution in [2.75, 3.05) is 33.4 Å². The SMILES string of the molecule is COCCNCCNC(=O)c1ccn(-c2ccccc2F)n1.Cl. The Kier molecular flexibility index (Phi) is 8.25. The lowest BCUT2D eigenvalue weighted by atomic mass is 10.3. The quantitative estimate of drug-likeness (QED) is 0.712. The Hall–Kier alpha value is -1.96. The lowest BCUT2D eigenvalue weighted by Crippen LogP contribution is -2.33. The molecule has 0 bridgehead atoms. The van der Waals surface area contributed by atoms with E-state index < -0.39 is 0 Å². The molecule has 2 N–H and O–H groups in total. The second-order valence-corrected chi connectivity index (χ2v) is 4.60. The first-order chi connectivity index (χ1) is 10.7. The number of amides is 1. The predicted octanol–water partition coefficient (Wildman–Crippen LogP) is 1.40. The first-order valence-electron chi connectivity index (χ1n) is 7.01. The maximum Gasteiger partial charge on any atom is 0.271 e. The third kappa shape index (κ3) is 5.63. The van der Waals surface area contributed by atoms with Crippen LogP contribution in [0.2, 0.25) is 0 Å². The number of nitrogens with zero attached hydrogens (tertiary/aromatic N) is 2. The summed E-state index contributed by atoms with van der Waals surface area (Å²) in [6.07, 6.45) is 1.56. The van der Waals surface area contributed by atoms with E-state index in [1.807, 2.05) is 0 Å². The normalized spacial score (nSPS) is 10.2. The third-order valence-electron chi connectivity index (χ3n) is 2.99. The van der Waals surface area contributed by atoms with Gasteiger partial charge in [-0.1, -0.05) is 12.1 Å². The number of hydrogen-bond acceptors (Lipinski definition) is 4. The molecule has 0 fully saturated rings. The van der Waals surface area contributed by atoms with Crippen LogP contribution in [0.5, 0.6) is 0 Å². The van der Waals surface area contributed by atoms with Crippen LogP contribution in [-0.2, 0) is 4.74 Å². The molecule has 2 aromatic rings. The molecule has 0 aliphatic carbocycles. The van der Waals surface area contributed by atoms with Gasteiger partial charge in [0.15, 0.2) is 5.69 Å². The molecule has 0 radical (unpaired) electrons. The van der Waals surface area contributed by atoms with Gasteiger partial charge in [0.1, 0.15) is 11.5 Å². The van der Waals surface area contributed by atoms with Crippen molar-refractivity contribution in [2.24, 2.45) is 0 Å². The van der Waals surface area contributed by atoms with Crippen LogP contribution in [-0.4, -0.2) is 49.0 Å². The Morgan fingerprint density at radius 3 is 2.78 bits per heavy atom. The summed E-state index contributed by atoms with van der Waals surface area (Å²) in [6, 6.07) is 7.82. The molecule has 1 aromatic carbocycles. The van der Waals surface area contributed by atoms with E-state index in [9.17, 15) is 9.18 Å². The van der Waals surface area contributed by atoms with Crippen molar-refractivity contribution in [3.63, 3.8) is 0 Å². The molecule has 1 heterocycles. The summed E-state index contributed by atoms with van der Waals surface area (Å²) >= 11 is 0. The van der Waals surface area contributed by atoms with Gasteiger partial charge in [-0.15, -0.1) is 12.4 Å². The van der Waals surface area contributed by atoms with Gasteiger partial charge in [-0.25, -0.2) is 9.07 Å². The van der Waals surface area contributed by atoms with E-state index in [0.717, 1.165) is 6.54 Å². The van der Waals surface area contributed by atoms with Crippen molar-refractivity contribution in [3.05, 3.63) is 48.0 Å². The van der Waals surface area contributed by atoms with Crippen LogP contribution in [0.3, 0.4) is 0 Å². The number of para-hydroxylation sites is 1. The van der Waals surface area contributed by atoms with Gasteiger partial charge in [0.05, 0.1) is 6.61 Å². The van der Waals surface area contributed by atoms with E-state index in [2.05, 4.69) is 15.7 Å². The average Bonchev–Trinajstić information content (AvgIpc) is 3.01. The third-order valence-corrected chi connectivity index (χ3v) is 2.99. The fourth-order valence-corrected chi connectivity index (χ4v) is 1.87. The zero-order chi connectivity index (χ0) is 15.8. The highest BCUT2D eigenvalue weighted by Gasteiger charge is 2.11. The minimum atomic E-state index is -0.389. The summed E-state index contributed by atoms with van der Waals surface area (Å²) in [6.45, 7) is 2.48. The molecule has 23 heavy (non-hydrogen) atoms. The van der Waals surface area contributed by atoms with E-state index in [0.29, 0.717) is 25.4 Å². The first-order valence-corrected chi connectivity index (χ1v) is 7.01. The number of hydrogen-bond donors (Lipinski definition) is 2. The number of carbonyl (C=O) groups is 1. The molecule has 0 spiro atoms. The molecule has 8 heteroatoms. The van der Waals surface area contributed by atoms with Crippen molar-refractivity contribution in [2.45, 2.75) is 0 Å². The number of benzene rings is 1.